The Kier molecular flexibility index (Phi) is 9.79. The minimum Gasteiger partial charge on any atom is -0.493 e. The molecule has 184 valence electrons. The molecule has 2 aromatic heterocycles. The van der Waals surface area contributed by atoms with Crippen molar-refractivity contribution < 1.29 is 9.47 Å². The number of aromatic nitrogens is 3. The normalized spacial score (nSPS) is 13.1. The number of thioether (sulfide) groups is 1. The Bertz CT molecular complexity index is 1050. The predicted octanol–water partition coefficient (Wildman–Crippen LogP) is 4.74. The van der Waals surface area contributed by atoms with Crippen molar-refractivity contribution >= 4 is 34.7 Å². The van der Waals surface area contributed by atoms with Crippen molar-refractivity contribution in [2.75, 3.05) is 44.8 Å². The van der Waals surface area contributed by atoms with Crippen LogP contribution in [0.4, 0.5) is 11.6 Å². The predicted molar refractivity (Wildman–Crippen MR) is 142 cm³/mol. The Morgan fingerprint density at radius 3 is 2.41 bits per heavy atom. The summed E-state index contributed by atoms with van der Waals surface area (Å²) in [7, 11) is 1.66. The average Bonchev–Trinajstić information content (AvgIpc) is 3.23. The number of likely N-dealkylation sites (tertiary alicyclic amines) is 1. The second-order valence-corrected chi connectivity index (χ2v) is 9.47. The first-order valence-corrected chi connectivity index (χ1v) is 13.4. The number of benzene rings is 1. The molecule has 4 rings (SSSR count). The molecular formula is C24H34N6O2S2. The van der Waals surface area contributed by atoms with Crippen LogP contribution in [0.25, 0.3) is 10.6 Å². The van der Waals surface area contributed by atoms with Gasteiger partial charge >= 0.3 is 0 Å². The van der Waals surface area contributed by atoms with Crippen LogP contribution in [0.1, 0.15) is 37.8 Å². The topological polar surface area (TPSA) is 112 Å². The average molecular weight is 503 g/mol. The zero-order valence-corrected chi connectivity index (χ0v) is 22.0. The molecule has 0 radical (unpaired) electrons. The summed E-state index contributed by atoms with van der Waals surface area (Å²) >= 11 is 3.18. The molecule has 8 nitrogen and oxygen atoms in total. The Morgan fingerprint density at radius 2 is 1.79 bits per heavy atom. The van der Waals surface area contributed by atoms with Gasteiger partial charge in [0, 0.05) is 28.8 Å². The summed E-state index contributed by atoms with van der Waals surface area (Å²) < 4.78 is 11.6. The van der Waals surface area contributed by atoms with Gasteiger partial charge in [-0.2, -0.15) is 0 Å². The van der Waals surface area contributed by atoms with E-state index in [1.165, 1.54) is 23.1 Å². The third kappa shape index (κ3) is 6.74. The first kappa shape index (κ1) is 26.1. The molecule has 3 aromatic rings. The van der Waals surface area contributed by atoms with E-state index in [2.05, 4.69) is 21.8 Å². The van der Waals surface area contributed by atoms with Crippen molar-refractivity contribution in [2.24, 2.45) is 0 Å². The summed E-state index contributed by atoms with van der Waals surface area (Å²) in [5.41, 5.74) is 13.6. The number of ether oxygens (including phenoxy) is 2. The molecule has 0 amide bonds. The largest absolute Gasteiger partial charge is 0.493 e. The monoisotopic (exact) mass is 502 g/mol. The third-order valence-corrected chi connectivity index (χ3v) is 7.36. The smallest absolute Gasteiger partial charge is 0.191 e. The second kappa shape index (κ2) is 12.8. The van der Waals surface area contributed by atoms with E-state index in [1.807, 2.05) is 32.0 Å². The Morgan fingerprint density at radius 1 is 1.06 bits per heavy atom. The number of hydrogen-bond donors (Lipinski definition) is 2. The molecule has 0 bridgehead atoms. The first-order chi connectivity index (χ1) is 16.6. The van der Waals surface area contributed by atoms with Crippen LogP contribution in [0, 0.1) is 0 Å². The molecule has 0 unspecified atom stereocenters. The molecule has 0 spiro atoms. The number of aryl methyl sites for hydroxylation is 1. The van der Waals surface area contributed by atoms with Gasteiger partial charge in [-0.3, -0.25) is 4.90 Å². The summed E-state index contributed by atoms with van der Waals surface area (Å²) in [6.07, 6.45) is 2.18. The fourth-order valence-electron chi connectivity index (χ4n) is 3.37. The van der Waals surface area contributed by atoms with E-state index in [9.17, 15) is 0 Å². The van der Waals surface area contributed by atoms with Gasteiger partial charge in [0.15, 0.2) is 16.7 Å². The molecule has 1 saturated heterocycles. The van der Waals surface area contributed by atoms with Gasteiger partial charge in [0.25, 0.3) is 0 Å². The van der Waals surface area contributed by atoms with Crippen LogP contribution in [0.3, 0.4) is 0 Å². The quantitative estimate of drug-likeness (QED) is 0.300. The molecular weight excluding hydrogens is 468 g/mol. The van der Waals surface area contributed by atoms with Gasteiger partial charge in [0.1, 0.15) is 23.3 Å². The molecule has 3 heterocycles. The number of anilines is 2. The van der Waals surface area contributed by atoms with E-state index in [4.69, 9.17) is 25.9 Å². The minimum absolute atomic E-state index is 0.370. The lowest BCUT2D eigenvalue weighted by Gasteiger charge is -2.30. The second-order valence-electron chi connectivity index (χ2n) is 7.44. The van der Waals surface area contributed by atoms with E-state index in [1.54, 1.807) is 24.5 Å². The summed E-state index contributed by atoms with van der Waals surface area (Å²) in [4.78, 5) is 17.0. The number of methoxy groups -OCH3 is 1. The third-order valence-electron chi connectivity index (χ3n) is 5.21. The SMILES string of the molecule is CC.CCc1sc(-c2ccc(OC)c(OCCN3CCC3)c2)nc1CSc1nc(N)cc(N)n1. The highest BCUT2D eigenvalue weighted by atomic mass is 32.2. The molecule has 0 aliphatic carbocycles. The lowest BCUT2D eigenvalue weighted by Crippen LogP contribution is -2.39. The Balaban J connectivity index is 0.00000158. The van der Waals surface area contributed by atoms with Crippen molar-refractivity contribution in [3.8, 4) is 22.1 Å². The van der Waals surface area contributed by atoms with Gasteiger partial charge in [-0.1, -0.05) is 32.5 Å². The maximum absolute atomic E-state index is 6.05. The lowest BCUT2D eigenvalue weighted by atomic mass is 10.2. The van der Waals surface area contributed by atoms with Crippen LogP contribution in [-0.4, -0.2) is 53.2 Å². The number of nitrogens with two attached hydrogens (primary N) is 2. The molecule has 1 aliphatic heterocycles. The van der Waals surface area contributed by atoms with E-state index in [-0.39, 0.29) is 0 Å². The highest BCUT2D eigenvalue weighted by Gasteiger charge is 2.16. The van der Waals surface area contributed by atoms with Gasteiger partial charge in [-0.25, -0.2) is 15.0 Å². The van der Waals surface area contributed by atoms with Crippen LogP contribution in [0.5, 0.6) is 11.5 Å². The van der Waals surface area contributed by atoms with Crippen LogP contribution in [-0.2, 0) is 12.2 Å². The number of nitrogens with zero attached hydrogens (tertiary/aromatic N) is 4. The molecule has 1 aromatic carbocycles. The zero-order chi connectivity index (χ0) is 24.5. The van der Waals surface area contributed by atoms with E-state index >= 15 is 0 Å². The lowest BCUT2D eigenvalue weighted by molar-refractivity contribution is 0.145. The van der Waals surface area contributed by atoms with Gasteiger partial charge in [-0.15, -0.1) is 11.3 Å². The highest BCUT2D eigenvalue weighted by Crippen LogP contribution is 2.36. The Hall–Kier alpha value is -2.56. The van der Waals surface area contributed by atoms with Crippen molar-refractivity contribution in [1.82, 2.24) is 19.9 Å². The van der Waals surface area contributed by atoms with Crippen molar-refractivity contribution in [3.05, 3.63) is 34.8 Å². The fourth-order valence-corrected chi connectivity index (χ4v) is 5.32. The standard InChI is InChI=1S/C22H28N6O2S2.C2H6/c1-3-18-15(13-31-22-26-19(23)12-20(24)27-22)25-21(32-18)14-5-6-16(29-2)17(11-14)30-10-9-28-7-4-8-28;1-2/h5-6,11-12H,3-4,7-10,13H2,1-2H3,(H4,23,24,26,27);1-2H3. The molecule has 0 atom stereocenters. The maximum Gasteiger partial charge on any atom is 0.191 e. The number of thiazole rings is 1. The van der Waals surface area contributed by atoms with Gasteiger partial charge in [0.2, 0.25) is 0 Å². The summed E-state index contributed by atoms with van der Waals surface area (Å²) in [5.74, 6) is 2.87. The zero-order valence-electron chi connectivity index (χ0n) is 20.3. The first-order valence-electron chi connectivity index (χ1n) is 11.6. The van der Waals surface area contributed by atoms with E-state index in [0.29, 0.717) is 29.2 Å². The van der Waals surface area contributed by atoms with E-state index < -0.39 is 0 Å². The van der Waals surface area contributed by atoms with Gasteiger partial charge < -0.3 is 20.9 Å². The van der Waals surface area contributed by atoms with Crippen LogP contribution < -0.4 is 20.9 Å². The van der Waals surface area contributed by atoms with Crippen LogP contribution in [0.2, 0.25) is 0 Å². The molecule has 1 fully saturated rings. The van der Waals surface area contributed by atoms with E-state index in [0.717, 1.165) is 53.8 Å². The van der Waals surface area contributed by atoms with Crippen LogP contribution in [0.15, 0.2) is 29.4 Å². The number of rotatable bonds is 10. The molecule has 10 heteroatoms. The highest BCUT2D eigenvalue weighted by molar-refractivity contribution is 7.98. The Labute approximate surface area is 210 Å². The van der Waals surface area contributed by atoms with Gasteiger partial charge in [-0.05, 0) is 44.1 Å². The summed E-state index contributed by atoms with van der Waals surface area (Å²) in [5, 5.41) is 1.52. The molecule has 0 saturated carbocycles. The molecule has 34 heavy (non-hydrogen) atoms. The minimum atomic E-state index is 0.370. The molecule has 4 N–H and O–H groups in total. The number of nitrogen functional groups attached to an aromatic ring is 2. The van der Waals surface area contributed by atoms with Crippen molar-refractivity contribution in [3.63, 3.8) is 0 Å². The summed E-state index contributed by atoms with van der Waals surface area (Å²) in [6, 6.07) is 7.54. The van der Waals surface area contributed by atoms with Gasteiger partial charge in [0.05, 0.1) is 12.8 Å². The van der Waals surface area contributed by atoms with Crippen molar-refractivity contribution in [2.45, 2.75) is 44.5 Å². The fraction of sp³-hybridized carbons (Fsp3) is 0.458. The molecule has 1 aliphatic rings. The number of hydrogen-bond acceptors (Lipinski definition) is 10. The summed E-state index contributed by atoms with van der Waals surface area (Å²) in [6.45, 7) is 10.0. The van der Waals surface area contributed by atoms with Crippen LogP contribution >= 0.6 is 23.1 Å². The van der Waals surface area contributed by atoms with Crippen molar-refractivity contribution in [1.29, 1.82) is 0 Å². The maximum atomic E-state index is 6.05.